The van der Waals surface area contributed by atoms with E-state index in [9.17, 15) is 9.18 Å². The highest BCUT2D eigenvalue weighted by atomic mass is 79.9. The Hall–Kier alpha value is -2.01. The minimum absolute atomic E-state index is 0.317. The maximum absolute atomic E-state index is 12.9. The number of imidazole rings is 1. The summed E-state index contributed by atoms with van der Waals surface area (Å²) >= 11 is 3.36. The van der Waals surface area contributed by atoms with E-state index < -0.39 is 0 Å². The first-order chi connectivity index (χ1) is 9.19. The van der Waals surface area contributed by atoms with Gasteiger partial charge in [-0.2, -0.15) is 0 Å². The summed E-state index contributed by atoms with van der Waals surface area (Å²) in [5.74, 6) is -0.317. The summed E-state index contributed by atoms with van der Waals surface area (Å²) in [7, 11) is 0. The molecule has 0 bridgehead atoms. The fraction of sp³-hybridized carbons (Fsp3) is 0. The average Bonchev–Trinajstić information content (AvgIpc) is 2.77. The molecule has 1 aromatic carbocycles. The molecule has 3 aromatic rings. The van der Waals surface area contributed by atoms with Crippen LogP contribution in [0.5, 0.6) is 0 Å². The molecule has 19 heavy (non-hydrogen) atoms. The molecule has 3 rings (SSSR count). The summed E-state index contributed by atoms with van der Waals surface area (Å²) in [6.07, 6.45) is 2.53. The van der Waals surface area contributed by atoms with Crippen LogP contribution < -0.4 is 0 Å². The molecule has 0 N–H and O–H groups in total. The number of aromatic nitrogens is 2. The van der Waals surface area contributed by atoms with Gasteiger partial charge in [-0.05, 0) is 52.3 Å². The number of nitrogens with zero attached hydrogens (tertiary/aromatic N) is 2. The van der Waals surface area contributed by atoms with Gasteiger partial charge in [0.15, 0.2) is 6.29 Å². The standard InChI is InChI=1S/C14H8BrFN2O/c15-10-3-6-13-17-14(12(8-19)18(13)7-10)9-1-4-11(16)5-2-9/h1-8H. The molecule has 0 spiro atoms. The number of rotatable bonds is 2. The van der Waals surface area contributed by atoms with Crippen molar-refractivity contribution in [1.82, 2.24) is 9.38 Å². The highest BCUT2D eigenvalue weighted by Crippen LogP contribution is 2.24. The molecule has 0 radical (unpaired) electrons. The van der Waals surface area contributed by atoms with Crippen LogP contribution in [0, 0.1) is 5.82 Å². The van der Waals surface area contributed by atoms with Gasteiger partial charge in [-0.25, -0.2) is 9.37 Å². The summed E-state index contributed by atoms with van der Waals surface area (Å²) in [5.41, 5.74) is 2.38. The molecule has 0 aliphatic rings. The summed E-state index contributed by atoms with van der Waals surface area (Å²) in [4.78, 5) is 15.7. The summed E-state index contributed by atoms with van der Waals surface area (Å²) in [6, 6.07) is 9.58. The topological polar surface area (TPSA) is 34.4 Å². The Morgan fingerprint density at radius 1 is 1.16 bits per heavy atom. The Balaban J connectivity index is 2.28. The number of pyridine rings is 1. The Labute approximate surface area is 116 Å². The molecule has 0 saturated carbocycles. The normalized spacial score (nSPS) is 10.8. The van der Waals surface area contributed by atoms with E-state index in [0.29, 0.717) is 22.6 Å². The van der Waals surface area contributed by atoms with Crippen LogP contribution in [0.2, 0.25) is 0 Å². The second-order valence-corrected chi connectivity index (χ2v) is 4.96. The van der Waals surface area contributed by atoms with Crippen molar-refractivity contribution in [2.75, 3.05) is 0 Å². The lowest BCUT2D eigenvalue weighted by atomic mass is 10.1. The van der Waals surface area contributed by atoms with Gasteiger partial charge in [0.2, 0.25) is 0 Å². The van der Waals surface area contributed by atoms with Gasteiger partial charge in [-0.15, -0.1) is 0 Å². The molecule has 0 saturated heterocycles. The lowest BCUT2D eigenvalue weighted by molar-refractivity contribution is 0.111. The number of hydrogen-bond donors (Lipinski definition) is 0. The number of aldehydes is 1. The van der Waals surface area contributed by atoms with Crippen molar-refractivity contribution in [1.29, 1.82) is 0 Å². The first-order valence-corrected chi connectivity index (χ1v) is 6.37. The number of carbonyl (C=O) groups excluding carboxylic acids is 1. The number of hydrogen-bond acceptors (Lipinski definition) is 2. The second kappa shape index (κ2) is 4.59. The molecule has 0 fully saturated rings. The number of halogens is 2. The predicted octanol–water partition coefficient (Wildman–Crippen LogP) is 3.72. The van der Waals surface area contributed by atoms with Crippen molar-refractivity contribution in [2.45, 2.75) is 0 Å². The van der Waals surface area contributed by atoms with Gasteiger partial charge in [-0.1, -0.05) is 0 Å². The number of benzene rings is 1. The van der Waals surface area contributed by atoms with E-state index in [4.69, 9.17) is 0 Å². The molecule has 5 heteroatoms. The van der Waals surface area contributed by atoms with Crippen LogP contribution in [0.15, 0.2) is 47.1 Å². The molecule has 0 unspecified atom stereocenters. The van der Waals surface area contributed by atoms with E-state index in [0.717, 1.165) is 10.8 Å². The monoisotopic (exact) mass is 318 g/mol. The van der Waals surface area contributed by atoms with Crippen molar-refractivity contribution < 1.29 is 9.18 Å². The van der Waals surface area contributed by atoms with Gasteiger partial charge < -0.3 is 0 Å². The van der Waals surface area contributed by atoms with Gasteiger partial charge in [0.1, 0.15) is 22.9 Å². The third-order valence-corrected chi connectivity index (χ3v) is 3.32. The Morgan fingerprint density at radius 2 is 1.89 bits per heavy atom. The van der Waals surface area contributed by atoms with Crippen LogP contribution in [0.4, 0.5) is 4.39 Å². The van der Waals surface area contributed by atoms with Crippen LogP contribution in [-0.2, 0) is 0 Å². The van der Waals surface area contributed by atoms with E-state index in [1.165, 1.54) is 12.1 Å². The quantitative estimate of drug-likeness (QED) is 0.675. The zero-order valence-corrected chi connectivity index (χ0v) is 11.3. The lowest BCUT2D eigenvalue weighted by Gasteiger charge is -1.99. The van der Waals surface area contributed by atoms with Crippen LogP contribution in [0.25, 0.3) is 16.9 Å². The highest BCUT2D eigenvalue weighted by Gasteiger charge is 2.13. The smallest absolute Gasteiger partial charge is 0.169 e. The van der Waals surface area contributed by atoms with Gasteiger partial charge in [0, 0.05) is 16.2 Å². The van der Waals surface area contributed by atoms with Crippen molar-refractivity contribution in [2.24, 2.45) is 0 Å². The molecule has 3 nitrogen and oxygen atoms in total. The maximum atomic E-state index is 12.9. The maximum Gasteiger partial charge on any atom is 0.169 e. The molecule has 0 atom stereocenters. The summed E-state index contributed by atoms with van der Waals surface area (Å²) in [5, 5.41) is 0. The fourth-order valence-corrected chi connectivity index (χ4v) is 2.31. The van der Waals surface area contributed by atoms with E-state index in [-0.39, 0.29) is 5.82 Å². The van der Waals surface area contributed by atoms with E-state index >= 15 is 0 Å². The Bertz CT molecular complexity index is 765. The molecular formula is C14H8BrFN2O. The first kappa shape index (κ1) is 12.0. The van der Waals surface area contributed by atoms with Gasteiger partial charge >= 0.3 is 0 Å². The predicted molar refractivity (Wildman–Crippen MR) is 73.7 cm³/mol. The van der Waals surface area contributed by atoms with E-state index in [1.54, 1.807) is 22.7 Å². The molecule has 0 aliphatic carbocycles. The number of fused-ring (bicyclic) bond motifs is 1. The molecule has 0 aliphatic heterocycles. The van der Waals surface area contributed by atoms with Crippen LogP contribution in [-0.4, -0.2) is 15.7 Å². The van der Waals surface area contributed by atoms with Gasteiger partial charge in [0.25, 0.3) is 0 Å². The Morgan fingerprint density at radius 3 is 2.58 bits per heavy atom. The van der Waals surface area contributed by atoms with Crippen LogP contribution in [0.3, 0.4) is 0 Å². The SMILES string of the molecule is O=Cc1c(-c2ccc(F)cc2)nc2ccc(Br)cn12. The zero-order chi connectivity index (χ0) is 13.4. The van der Waals surface area contributed by atoms with Crippen molar-refractivity contribution in [3.8, 4) is 11.3 Å². The largest absolute Gasteiger partial charge is 0.296 e. The van der Waals surface area contributed by atoms with Crippen molar-refractivity contribution >= 4 is 27.9 Å². The van der Waals surface area contributed by atoms with Crippen molar-refractivity contribution in [3.05, 3.63) is 58.6 Å². The minimum Gasteiger partial charge on any atom is -0.296 e. The third-order valence-electron chi connectivity index (χ3n) is 2.85. The zero-order valence-electron chi connectivity index (χ0n) is 9.68. The van der Waals surface area contributed by atoms with Gasteiger partial charge in [-0.3, -0.25) is 9.20 Å². The second-order valence-electron chi connectivity index (χ2n) is 4.05. The lowest BCUT2D eigenvalue weighted by Crippen LogP contribution is -1.92. The molecule has 0 amide bonds. The molecule has 2 heterocycles. The van der Waals surface area contributed by atoms with Crippen molar-refractivity contribution in [3.63, 3.8) is 0 Å². The molecular weight excluding hydrogens is 311 g/mol. The molecule has 2 aromatic heterocycles. The van der Waals surface area contributed by atoms with Crippen LogP contribution in [0.1, 0.15) is 10.5 Å². The fourth-order valence-electron chi connectivity index (χ4n) is 1.97. The third kappa shape index (κ3) is 2.06. The van der Waals surface area contributed by atoms with E-state index in [1.807, 2.05) is 12.1 Å². The molecule has 94 valence electrons. The summed E-state index contributed by atoms with van der Waals surface area (Å²) < 4.78 is 15.5. The number of carbonyl (C=O) groups is 1. The van der Waals surface area contributed by atoms with Gasteiger partial charge in [0.05, 0.1) is 0 Å². The highest BCUT2D eigenvalue weighted by molar-refractivity contribution is 9.10. The minimum atomic E-state index is -0.317. The Kier molecular flexibility index (Phi) is 2.91. The van der Waals surface area contributed by atoms with E-state index in [2.05, 4.69) is 20.9 Å². The average molecular weight is 319 g/mol. The summed E-state index contributed by atoms with van der Waals surface area (Å²) in [6.45, 7) is 0. The van der Waals surface area contributed by atoms with Crippen LogP contribution >= 0.6 is 15.9 Å². The first-order valence-electron chi connectivity index (χ1n) is 5.58.